The molecule has 166 valence electrons. The lowest BCUT2D eigenvalue weighted by molar-refractivity contribution is 0.0120. The molecule has 6 N–H and O–H groups in total. The van der Waals surface area contributed by atoms with Crippen LogP contribution in [0.15, 0.2) is 46.3 Å². The Balaban J connectivity index is 1.71. The Morgan fingerprint density at radius 2 is 1.90 bits per heavy atom. The average Bonchev–Trinajstić information content (AvgIpc) is 3.10. The molecule has 1 aromatic carbocycles. The molecule has 0 bridgehead atoms. The summed E-state index contributed by atoms with van der Waals surface area (Å²) in [5.41, 5.74) is 12.6. The van der Waals surface area contributed by atoms with Gasteiger partial charge in [0.15, 0.2) is 5.96 Å². The first kappa shape index (κ1) is 22.4. The van der Waals surface area contributed by atoms with Crippen LogP contribution in [-0.2, 0) is 12.0 Å². The van der Waals surface area contributed by atoms with E-state index < -0.39 is 24.7 Å². The second-order valence-corrected chi connectivity index (χ2v) is 8.50. The van der Waals surface area contributed by atoms with E-state index in [1.54, 1.807) is 30.5 Å². The maximum absolute atomic E-state index is 13.7. The van der Waals surface area contributed by atoms with Gasteiger partial charge in [-0.2, -0.15) is 4.98 Å². The maximum atomic E-state index is 13.7. The number of aromatic amines is 1. The van der Waals surface area contributed by atoms with Gasteiger partial charge in [0.1, 0.15) is 12.2 Å². The summed E-state index contributed by atoms with van der Waals surface area (Å²) in [6.07, 6.45) is 1.74. The highest BCUT2D eigenvalue weighted by molar-refractivity contribution is 5.76. The number of hydrogen-bond acceptors (Lipinski definition) is 4. The van der Waals surface area contributed by atoms with E-state index in [1.807, 2.05) is 6.07 Å². The fourth-order valence-electron chi connectivity index (χ4n) is 3.01. The number of benzene rings is 1. The monoisotopic (exact) mass is 431 g/mol. The van der Waals surface area contributed by atoms with Gasteiger partial charge in [-0.1, -0.05) is 32.9 Å². The molecular formula is C21H27F2N7O. The number of aliphatic imine (C=N–C) groups is 1. The zero-order valence-corrected chi connectivity index (χ0v) is 17.7. The van der Waals surface area contributed by atoms with Crippen molar-refractivity contribution in [3.05, 3.63) is 58.3 Å². The predicted molar refractivity (Wildman–Crippen MR) is 118 cm³/mol. The molecular weight excluding hydrogens is 404 g/mol. The molecule has 8 nitrogen and oxygen atoms in total. The van der Waals surface area contributed by atoms with E-state index in [-0.39, 0.29) is 17.9 Å². The topological polar surface area (TPSA) is 127 Å². The molecule has 0 aliphatic heterocycles. The first-order chi connectivity index (χ1) is 14.4. The van der Waals surface area contributed by atoms with Crippen LogP contribution in [0.1, 0.15) is 32.0 Å². The van der Waals surface area contributed by atoms with Crippen LogP contribution in [0.5, 0.6) is 0 Å². The number of rotatable bonds is 7. The summed E-state index contributed by atoms with van der Waals surface area (Å²) in [4.78, 5) is 23.2. The molecule has 10 heteroatoms. The normalized spacial score (nSPS) is 12.3. The number of nitrogens with two attached hydrogens (primary N) is 2. The van der Waals surface area contributed by atoms with Crippen molar-refractivity contribution in [1.82, 2.24) is 19.9 Å². The number of nitrogens with zero attached hydrogens (tertiary/aromatic N) is 3. The van der Waals surface area contributed by atoms with Crippen molar-refractivity contribution in [2.45, 2.75) is 38.7 Å². The number of hydrogen-bond donors (Lipinski definition) is 4. The van der Waals surface area contributed by atoms with Crippen LogP contribution in [0, 0.1) is 0 Å². The Morgan fingerprint density at radius 1 is 1.23 bits per heavy atom. The summed E-state index contributed by atoms with van der Waals surface area (Å²) in [5.74, 6) is -3.42. The molecule has 0 atom stereocenters. The molecule has 31 heavy (non-hydrogen) atoms. The zero-order valence-electron chi connectivity index (χ0n) is 17.7. The third-order valence-corrected chi connectivity index (χ3v) is 4.74. The molecule has 2 heterocycles. The predicted octanol–water partition coefficient (Wildman–Crippen LogP) is 2.01. The maximum Gasteiger partial charge on any atom is 0.354 e. The fraction of sp³-hybridized carbons (Fsp3) is 0.381. The molecule has 2 aromatic heterocycles. The van der Waals surface area contributed by atoms with Gasteiger partial charge < -0.3 is 21.8 Å². The van der Waals surface area contributed by atoms with Gasteiger partial charge in [0, 0.05) is 29.2 Å². The second-order valence-electron chi connectivity index (χ2n) is 8.50. The van der Waals surface area contributed by atoms with E-state index in [4.69, 9.17) is 11.5 Å². The smallest absolute Gasteiger partial charge is 0.354 e. The minimum absolute atomic E-state index is 0.0939. The van der Waals surface area contributed by atoms with Crippen LogP contribution in [0.4, 0.5) is 8.78 Å². The van der Waals surface area contributed by atoms with Crippen LogP contribution in [0.25, 0.3) is 16.7 Å². The molecule has 0 radical (unpaired) electrons. The van der Waals surface area contributed by atoms with Crippen LogP contribution >= 0.6 is 0 Å². The van der Waals surface area contributed by atoms with Crippen LogP contribution in [0.3, 0.4) is 0 Å². The lowest BCUT2D eigenvalue weighted by atomic mass is 9.92. The van der Waals surface area contributed by atoms with Crippen molar-refractivity contribution in [2.75, 3.05) is 13.1 Å². The Hall–Kier alpha value is -3.27. The molecule has 3 aromatic rings. The fourth-order valence-corrected chi connectivity index (χ4v) is 3.01. The molecule has 3 rings (SSSR count). The highest BCUT2D eigenvalue weighted by Crippen LogP contribution is 2.24. The molecule has 0 unspecified atom stereocenters. The highest BCUT2D eigenvalue weighted by atomic mass is 19.3. The average molecular weight is 431 g/mol. The summed E-state index contributed by atoms with van der Waals surface area (Å²) < 4.78 is 28.8. The largest absolute Gasteiger partial charge is 0.370 e. The first-order valence-electron chi connectivity index (χ1n) is 9.81. The molecule has 0 aliphatic carbocycles. The van der Waals surface area contributed by atoms with E-state index in [1.165, 1.54) is 4.57 Å². The van der Waals surface area contributed by atoms with Crippen molar-refractivity contribution in [1.29, 1.82) is 0 Å². The van der Waals surface area contributed by atoms with Gasteiger partial charge in [-0.05, 0) is 23.8 Å². The second kappa shape index (κ2) is 8.46. The number of nitrogens with one attached hydrogen (secondary N) is 2. The number of fused-ring (bicyclic) bond motifs is 1. The third kappa shape index (κ3) is 5.66. The number of alkyl halides is 2. The first-order valence-corrected chi connectivity index (χ1v) is 9.81. The summed E-state index contributed by atoms with van der Waals surface area (Å²) in [6, 6.07) is 9.02. The van der Waals surface area contributed by atoms with Gasteiger partial charge in [0.2, 0.25) is 0 Å². The van der Waals surface area contributed by atoms with E-state index in [0.717, 1.165) is 16.6 Å². The van der Waals surface area contributed by atoms with E-state index in [2.05, 4.69) is 41.0 Å². The van der Waals surface area contributed by atoms with E-state index in [9.17, 15) is 13.6 Å². The van der Waals surface area contributed by atoms with Crippen molar-refractivity contribution in [3.63, 3.8) is 0 Å². The molecule has 0 spiro atoms. The van der Waals surface area contributed by atoms with Crippen LogP contribution < -0.4 is 22.5 Å². The van der Waals surface area contributed by atoms with Crippen molar-refractivity contribution >= 4 is 17.0 Å². The summed E-state index contributed by atoms with van der Waals surface area (Å²) in [6.45, 7) is 5.13. The molecule has 0 fully saturated rings. The van der Waals surface area contributed by atoms with Crippen LogP contribution in [0.2, 0.25) is 0 Å². The van der Waals surface area contributed by atoms with Crippen molar-refractivity contribution in [3.8, 4) is 5.69 Å². The molecule has 0 aliphatic rings. The Kier molecular flexibility index (Phi) is 6.12. The summed E-state index contributed by atoms with van der Waals surface area (Å²) in [5, 5.41) is 3.52. The summed E-state index contributed by atoms with van der Waals surface area (Å²) >= 11 is 0. The lowest BCUT2D eigenvalue weighted by Crippen LogP contribution is -2.36. The van der Waals surface area contributed by atoms with Gasteiger partial charge in [-0.3, -0.25) is 4.57 Å². The number of guanidine groups is 1. The minimum Gasteiger partial charge on any atom is -0.370 e. The highest BCUT2D eigenvalue weighted by Gasteiger charge is 2.28. The number of aromatic nitrogens is 3. The lowest BCUT2D eigenvalue weighted by Gasteiger charge is -2.15. The van der Waals surface area contributed by atoms with Crippen LogP contribution in [-0.4, -0.2) is 39.5 Å². The van der Waals surface area contributed by atoms with Gasteiger partial charge in [0.05, 0.1) is 12.2 Å². The quantitative estimate of drug-likeness (QED) is 0.336. The number of halogens is 2. The zero-order chi connectivity index (χ0) is 22.8. The Bertz CT molecular complexity index is 1140. The minimum atomic E-state index is -3.05. The van der Waals surface area contributed by atoms with E-state index >= 15 is 0 Å². The van der Waals surface area contributed by atoms with Gasteiger partial charge >= 0.3 is 5.69 Å². The Morgan fingerprint density at radius 3 is 2.52 bits per heavy atom. The Labute approximate surface area is 178 Å². The van der Waals surface area contributed by atoms with Gasteiger partial charge in [-0.15, -0.1) is 0 Å². The van der Waals surface area contributed by atoms with E-state index in [0.29, 0.717) is 11.3 Å². The third-order valence-electron chi connectivity index (χ3n) is 4.74. The SMILES string of the molecule is CC(C)(C)c1cc2cn(-c3ccc(CNCC(F)(F)CN=C(N)N)cc3)c(=O)nc2[nH]1. The molecule has 0 amide bonds. The van der Waals surface area contributed by atoms with Crippen molar-refractivity contribution in [2.24, 2.45) is 16.5 Å². The number of H-pyrrole nitrogens is 1. The molecule has 0 saturated carbocycles. The molecule has 0 saturated heterocycles. The summed E-state index contributed by atoms with van der Waals surface area (Å²) in [7, 11) is 0. The van der Waals surface area contributed by atoms with Gasteiger partial charge in [0.25, 0.3) is 5.92 Å². The van der Waals surface area contributed by atoms with Crippen molar-refractivity contribution < 1.29 is 8.78 Å². The standard InChI is InChI=1S/C21H27F2N7O/c1-20(2,3)16-8-14-10-30(19(31)29-17(14)28-16)15-6-4-13(5-7-15)9-26-11-21(22,23)12-27-18(24)25/h4-8,10,26H,9,11-12H2,1-3H3,(H4,24,25,27)(H,28,29,31). The van der Waals surface area contributed by atoms with Gasteiger partial charge in [-0.25, -0.2) is 18.6 Å².